The van der Waals surface area contributed by atoms with Gasteiger partial charge in [0.1, 0.15) is 17.1 Å². The summed E-state index contributed by atoms with van der Waals surface area (Å²) in [5.41, 5.74) is -3.18. The smallest absolute Gasteiger partial charge is 0.272 e. The Morgan fingerprint density at radius 1 is 1.26 bits per heavy atom. The second-order valence-corrected chi connectivity index (χ2v) is 8.48. The number of H-pyrrole nitrogens is 1. The van der Waals surface area contributed by atoms with Crippen LogP contribution in [0.5, 0.6) is 5.75 Å². The lowest BCUT2D eigenvalue weighted by atomic mass is 9.84. The summed E-state index contributed by atoms with van der Waals surface area (Å²) in [5, 5.41) is 0. The van der Waals surface area contributed by atoms with E-state index in [1.54, 1.807) is 0 Å². The Hall–Kier alpha value is -2.41. The molecule has 3 rings (SSSR count). The molecular weight excluding hydrogens is 454 g/mol. The molecule has 13 heteroatoms. The fraction of sp³-hybridized carbons (Fsp3) is 0.444. The van der Waals surface area contributed by atoms with Crippen molar-refractivity contribution >= 4 is 15.7 Å². The zero-order valence-electron chi connectivity index (χ0n) is 18.5. The molecule has 0 aliphatic heterocycles. The molecule has 0 amide bonds. The molecule has 0 radical (unpaired) electrons. The third-order valence-electron chi connectivity index (χ3n) is 4.83. The minimum absolute atomic E-state index is 0.0152. The van der Waals surface area contributed by atoms with Crippen LogP contribution < -0.4 is 9.46 Å². The number of rotatable bonds is 8. The Balaban J connectivity index is 1.86. The van der Waals surface area contributed by atoms with Gasteiger partial charge in [0, 0.05) is 37.5 Å². The van der Waals surface area contributed by atoms with Gasteiger partial charge in [-0.15, -0.1) is 0 Å². The van der Waals surface area contributed by atoms with Crippen molar-refractivity contribution in [3.05, 3.63) is 41.2 Å². The molecule has 172 valence electrons. The maximum Gasteiger partial charge on any atom is 0.272 e. The fourth-order valence-electron chi connectivity index (χ4n) is 3.26. The van der Waals surface area contributed by atoms with Crippen molar-refractivity contribution in [3.63, 3.8) is 0 Å². The summed E-state index contributed by atoms with van der Waals surface area (Å²) in [6.07, 6.45) is -6.66. The molecule has 0 saturated heterocycles. The van der Waals surface area contributed by atoms with Crippen molar-refractivity contribution in [2.75, 3.05) is 18.4 Å². The van der Waals surface area contributed by atoms with E-state index < -0.39 is 82.9 Å². The van der Waals surface area contributed by atoms with Gasteiger partial charge >= 0.3 is 0 Å². The number of sulfonamides is 1. The van der Waals surface area contributed by atoms with Gasteiger partial charge < -0.3 is 14.5 Å². The lowest BCUT2D eigenvalue weighted by Gasteiger charge is -2.35. The molecule has 0 bridgehead atoms. The predicted molar refractivity (Wildman–Crippen MR) is 97.2 cm³/mol. The fourth-order valence-corrected chi connectivity index (χ4v) is 4.58. The second kappa shape index (κ2) is 8.61. The van der Waals surface area contributed by atoms with E-state index in [0.29, 0.717) is 12.1 Å². The standard InChI is InChI=1S/C18H18F6N2O4S/c1-29-18(17(23)24)3-2-9-13(6-18)25-7-15(9)31(27,28)26-12-4-11(20)14(5-10(12)19)30-8-16(21)22/h4-5,7,16-17,25-26H,2-3,6,8H2,1H3/t18-/m1/s1/i1D3. The number of methoxy groups -OCH3 is 1. The van der Waals surface area contributed by atoms with Gasteiger partial charge in [0.25, 0.3) is 22.9 Å². The molecule has 1 aliphatic rings. The number of aromatic nitrogens is 1. The molecule has 1 atom stereocenters. The molecule has 0 spiro atoms. The van der Waals surface area contributed by atoms with Gasteiger partial charge in [-0.2, -0.15) is 0 Å². The van der Waals surface area contributed by atoms with Crippen molar-refractivity contribution in [1.82, 2.24) is 4.98 Å². The average molecular weight is 475 g/mol. The molecular formula is C18H18F6N2O4S. The molecule has 2 N–H and O–H groups in total. The zero-order valence-corrected chi connectivity index (χ0v) is 16.3. The molecule has 1 aromatic heterocycles. The Morgan fingerprint density at radius 2 is 2.00 bits per heavy atom. The number of anilines is 1. The Bertz CT molecular complexity index is 1160. The maximum atomic E-state index is 14.3. The highest BCUT2D eigenvalue weighted by Crippen LogP contribution is 2.38. The van der Waals surface area contributed by atoms with Crippen molar-refractivity contribution in [1.29, 1.82) is 0 Å². The van der Waals surface area contributed by atoms with Gasteiger partial charge in [0.05, 0.1) is 9.80 Å². The summed E-state index contributed by atoms with van der Waals surface area (Å²) in [6, 6.07) is 0.796. The molecule has 0 fully saturated rings. The van der Waals surface area contributed by atoms with Crippen LogP contribution in [0.15, 0.2) is 23.2 Å². The summed E-state index contributed by atoms with van der Waals surface area (Å²) in [7, 11) is -7.69. The van der Waals surface area contributed by atoms with Crippen LogP contribution in [0, 0.1) is 11.6 Å². The molecule has 31 heavy (non-hydrogen) atoms. The third kappa shape index (κ3) is 4.61. The van der Waals surface area contributed by atoms with E-state index in [1.165, 1.54) is 0 Å². The summed E-state index contributed by atoms with van der Waals surface area (Å²) >= 11 is 0. The molecule has 6 nitrogen and oxygen atoms in total. The van der Waals surface area contributed by atoms with Gasteiger partial charge in [-0.25, -0.2) is 34.8 Å². The minimum atomic E-state index is -4.57. The molecule has 0 saturated carbocycles. The van der Waals surface area contributed by atoms with Crippen LogP contribution in [0.25, 0.3) is 0 Å². The van der Waals surface area contributed by atoms with Gasteiger partial charge in [-0.3, -0.25) is 4.72 Å². The number of benzene rings is 1. The summed E-state index contributed by atoms with van der Waals surface area (Å²) < 4.78 is 138. The SMILES string of the molecule is [2H]C([2H])([2H])O[C@]1(C(F)F)CCc2c(S(=O)(=O)Nc3cc(F)c(OCC(F)F)cc3F)c[nH]c2C1. The lowest BCUT2D eigenvalue weighted by Crippen LogP contribution is -2.44. The average Bonchev–Trinajstić information content (AvgIpc) is 3.11. The second-order valence-electron chi connectivity index (χ2n) is 6.82. The topological polar surface area (TPSA) is 80.4 Å². The van der Waals surface area contributed by atoms with E-state index in [2.05, 4.69) is 14.5 Å². The molecule has 0 unspecified atom stereocenters. The molecule has 1 aromatic carbocycles. The number of fused-ring (bicyclic) bond motifs is 1. The number of nitrogens with one attached hydrogen (secondary N) is 2. The van der Waals surface area contributed by atoms with Crippen molar-refractivity contribution in [3.8, 4) is 5.75 Å². The number of alkyl halides is 4. The molecule has 1 aliphatic carbocycles. The number of hydrogen-bond acceptors (Lipinski definition) is 4. The van der Waals surface area contributed by atoms with Crippen LogP contribution in [0.2, 0.25) is 0 Å². The quantitative estimate of drug-likeness (QED) is 0.568. The van der Waals surface area contributed by atoms with Gasteiger partial charge in [-0.1, -0.05) is 0 Å². The van der Waals surface area contributed by atoms with Crippen molar-refractivity contribution in [2.45, 2.75) is 42.6 Å². The van der Waals surface area contributed by atoms with Gasteiger partial charge in [0.2, 0.25) is 0 Å². The van der Waals surface area contributed by atoms with Crippen LogP contribution in [0.4, 0.5) is 32.0 Å². The predicted octanol–water partition coefficient (Wildman–Crippen LogP) is 3.88. The highest BCUT2D eigenvalue weighted by Gasteiger charge is 2.45. The Kier molecular flexibility index (Phi) is 5.36. The number of aromatic amines is 1. The Labute approximate surface area is 177 Å². The first-order valence-electron chi connectivity index (χ1n) is 10.2. The summed E-state index contributed by atoms with van der Waals surface area (Å²) in [5.74, 6) is -3.47. The normalized spacial score (nSPS) is 20.8. The van der Waals surface area contributed by atoms with Crippen LogP contribution in [-0.4, -0.2) is 45.5 Å². The van der Waals surface area contributed by atoms with E-state index in [-0.39, 0.29) is 17.7 Å². The van der Waals surface area contributed by atoms with Crippen LogP contribution in [-0.2, 0) is 27.6 Å². The molecule has 1 heterocycles. The monoisotopic (exact) mass is 475 g/mol. The van der Waals surface area contributed by atoms with Crippen molar-refractivity contribution in [2.24, 2.45) is 0 Å². The number of halogens is 6. The van der Waals surface area contributed by atoms with Crippen LogP contribution in [0.3, 0.4) is 0 Å². The maximum absolute atomic E-state index is 14.3. The van der Waals surface area contributed by atoms with E-state index in [9.17, 15) is 34.8 Å². The zero-order chi connectivity index (χ0) is 25.5. The molecule has 2 aromatic rings. The lowest BCUT2D eigenvalue weighted by molar-refractivity contribution is -0.128. The van der Waals surface area contributed by atoms with E-state index in [0.717, 1.165) is 6.20 Å². The van der Waals surface area contributed by atoms with E-state index in [4.69, 9.17) is 4.11 Å². The Morgan fingerprint density at radius 3 is 2.65 bits per heavy atom. The van der Waals surface area contributed by atoms with Gasteiger partial charge in [-0.05, 0) is 18.4 Å². The highest BCUT2D eigenvalue weighted by molar-refractivity contribution is 7.92. The first-order chi connectivity index (χ1) is 15.6. The van der Waals surface area contributed by atoms with E-state index >= 15 is 0 Å². The van der Waals surface area contributed by atoms with Crippen LogP contribution >= 0.6 is 0 Å². The minimum Gasteiger partial charge on any atom is -0.484 e. The first kappa shape index (κ1) is 19.3. The van der Waals surface area contributed by atoms with Crippen LogP contribution in [0.1, 0.15) is 21.8 Å². The summed E-state index contributed by atoms with van der Waals surface area (Å²) in [6.45, 7) is -1.21. The largest absolute Gasteiger partial charge is 0.484 e. The van der Waals surface area contributed by atoms with Gasteiger partial charge in [0.15, 0.2) is 17.4 Å². The van der Waals surface area contributed by atoms with E-state index in [1.807, 2.05) is 4.72 Å². The highest BCUT2D eigenvalue weighted by atomic mass is 32.2. The number of ether oxygens (including phenoxy) is 2. The first-order valence-corrected chi connectivity index (χ1v) is 10.2. The van der Waals surface area contributed by atoms with Crippen molar-refractivity contribution < 1.29 is 48.3 Å². The third-order valence-corrected chi connectivity index (χ3v) is 6.27. The summed E-state index contributed by atoms with van der Waals surface area (Å²) in [4.78, 5) is 2.05. The number of hydrogen-bond donors (Lipinski definition) is 2.